The summed E-state index contributed by atoms with van der Waals surface area (Å²) in [4.78, 5) is 11.5. The first-order valence-electron chi connectivity index (χ1n) is 3.27. The van der Waals surface area contributed by atoms with Gasteiger partial charge >= 0.3 is 5.97 Å². The van der Waals surface area contributed by atoms with Gasteiger partial charge in [0, 0.05) is 10.4 Å². The molecule has 0 radical (unpaired) electrons. The molecule has 0 bridgehead atoms. The number of hydrogen-bond donors (Lipinski definition) is 1. The molecule has 2 nitrogen and oxygen atoms in total. The highest BCUT2D eigenvalue weighted by atomic mass is 35.5. The first kappa shape index (κ1) is 11.1. The Kier molecular flexibility index (Phi) is 3.86. The molecule has 1 N–H and O–H groups in total. The topological polar surface area (TPSA) is 37.3 Å². The maximum absolute atomic E-state index is 10.7. The Labute approximate surface area is 94.0 Å². The zero-order valence-electron chi connectivity index (χ0n) is 6.31. The van der Waals surface area contributed by atoms with E-state index < -0.39 is 5.97 Å². The fourth-order valence-corrected chi connectivity index (χ4v) is 2.97. The van der Waals surface area contributed by atoms with Crippen molar-refractivity contribution in [3.63, 3.8) is 0 Å². The van der Waals surface area contributed by atoms with Crippen LogP contribution < -0.4 is 0 Å². The maximum Gasteiger partial charge on any atom is 0.347 e. The number of hydrogen-bond acceptors (Lipinski definition) is 2. The molecule has 13 heavy (non-hydrogen) atoms. The highest BCUT2D eigenvalue weighted by Gasteiger charge is 2.19. The fourth-order valence-electron chi connectivity index (χ4n) is 0.868. The molecule has 1 aromatic heterocycles. The maximum atomic E-state index is 10.7. The van der Waals surface area contributed by atoms with Crippen LogP contribution in [0.3, 0.4) is 0 Å². The van der Waals surface area contributed by atoms with Crippen LogP contribution in [0.1, 0.15) is 20.1 Å². The van der Waals surface area contributed by atoms with Crippen molar-refractivity contribution in [2.24, 2.45) is 0 Å². The van der Waals surface area contributed by atoms with Crippen LogP contribution >= 0.6 is 46.1 Å². The van der Waals surface area contributed by atoms with E-state index in [1.165, 1.54) is 0 Å². The van der Waals surface area contributed by atoms with Gasteiger partial charge in [-0.15, -0.1) is 34.5 Å². The molecule has 1 aromatic rings. The summed E-state index contributed by atoms with van der Waals surface area (Å²) in [5, 5.41) is 8.95. The van der Waals surface area contributed by atoms with Crippen molar-refractivity contribution in [1.29, 1.82) is 0 Å². The van der Waals surface area contributed by atoms with E-state index in [2.05, 4.69) is 0 Å². The molecule has 0 atom stereocenters. The van der Waals surface area contributed by atoms with Crippen LogP contribution in [-0.2, 0) is 11.8 Å². The lowest BCUT2D eigenvalue weighted by Crippen LogP contribution is -1.92. The molecule has 72 valence electrons. The van der Waals surface area contributed by atoms with Gasteiger partial charge in [-0.1, -0.05) is 11.6 Å². The van der Waals surface area contributed by atoms with Gasteiger partial charge in [-0.25, -0.2) is 4.79 Å². The van der Waals surface area contributed by atoms with Crippen molar-refractivity contribution >= 4 is 52.1 Å². The predicted molar refractivity (Wildman–Crippen MR) is 55.4 cm³/mol. The second-order valence-electron chi connectivity index (χ2n) is 2.22. The SMILES string of the molecule is O=C(O)c1sc(CCl)c(CCl)c1Cl. The van der Waals surface area contributed by atoms with Gasteiger partial charge in [0.25, 0.3) is 0 Å². The van der Waals surface area contributed by atoms with Crippen LogP contribution in [0, 0.1) is 0 Å². The Bertz CT molecular complexity index is 335. The number of halogens is 3. The van der Waals surface area contributed by atoms with E-state index in [0.717, 1.165) is 16.2 Å². The number of rotatable bonds is 3. The van der Waals surface area contributed by atoms with Crippen LogP contribution in [-0.4, -0.2) is 11.1 Å². The quantitative estimate of drug-likeness (QED) is 0.843. The fraction of sp³-hybridized carbons (Fsp3) is 0.286. The molecule has 0 amide bonds. The first-order chi connectivity index (χ1) is 6.11. The Morgan fingerprint density at radius 1 is 1.38 bits per heavy atom. The van der Waals surface area contributed by atoms with Crippen molar-refractivity contribution in [3.05, 3.63) is 20.3 Å². The van der Waals surface area contributed by atoms with E-state index in [-0.39, 0.29) is 21.7 Å². The smallest absolute Gasteiger partial charge is 0.347 e. The van der Waals surface area contributed by atoms with Gasteiger partial charge in [-0.3, -0.25) is 0 Å². The molecule has 0 saturated carbocycles. The van der Waals surface area contributed by atoms with Crippen molar-refractivity contribution < 1.29 is 9.90 Å². The summed E-state index contributed by atoms with van der Waals surface area (Å²) in [6.45, 7) is 0. The third-order valence-electron chi connectivity index (χ3n) is 1.48. The minimum atomic E-state index is -1.04. The lowest BCUT2D eigenvalue weighted by Gasteiger charge is -1.93. The minimum Gasteiger partial charge on any atom is -0.477 e. The van der Waals surface area contributed by atoms with Gasteiger partial charge in [0.1, 0.15) is 4.88 Å². The molecule has 6 heteroatoms. The van der Waals surface area contributed by atoms with Crippen LogP contribution in [0.2, 0.25) is 5.02 Å². The molecule has 0 spiro atoms. The summed E-state index contributed by atoms with van der Waals surface area (Å²) in [6, 6.07) is 0. The lowest BCUT2D eigenvalue weighted by atomic mass is 10.3. The summed E-state index contributed by atoms with van der Waals surface area (Å²) < 4.78 is 0. The summed E-state index contributed by atoms with van der Waals surface area (Å²) >= 11 is 18.1. The summed E-state index contributed by atoms with van der Waals surface area (Å²) in [5.74, 6) is -0.623. The van der Waals surface area contributed by atoms with Crippen LogP contribution in [0.4, 0.5) is 0 Å². The highest BCUT2D eigenvalue weighted by Crippen LogP contribution is 2.35. The van der Waals surface area contributed by atoms with E-state index in [9.17, 15) is 4.79 Å². The second-order valence-corrected chi connectivity index (χ2v) is 4.24. The highest BCUT2D eigenvalue weighted by molar-refractivity contribution is 7.15. The molecular weight excluding hydrogens is 255 g/mol. The van der Waals surface area contributed by atoms with Gasteiger partial charge in [0.05, 0.1) is 16.8 Å². The van der Waals surface area contributed by atoms with E-state index >= 15 is 0 Å². The number of alkyl halides is 2. The van der Waals surface area contributed by atoms with E-state index in [1.807, 2.05) is 0 Å². The van der Waals surface area contributed by atoms with Crippen molar-refractivity contribution in [1.82, 2.24) is 0 Å². The number of carbonyl (C=O) groups is 1. The summed E-state index contributed by atoms with van der Waals surface area (Å²) in [7, 11) is 0. The second kappa shape index (κ2) is 4.51. The molecule has 0 saturated heterocycles. The Morgan fingerprint density at radius 2 is 2.00 bits per heavy atom. The number of carboxylic acid groups (broad SMARTS) is 1. The van der Waals surface area contributed by atoms with Gasteiger partial charge < -0.3 is 5.11 Å². The molecule has 0 aliphatic rings. The molecule has 0 fully saturated rings. The van der Waals surface area contributed by atoms with Crippen LogP contribution in [0.25, 0.3) is 0 Å². The Morgan fingerprint density at radius 3 is 2.31 bits per heavy atom. The average molecular weight is 260 g/mol. The number of aromatic carboxylic acids is 1. The van der Waals surface area contributed by atoms with Crippen molar-refractivity contribution in [2.75, 3.05) is 0 Å². The van der Waals surface area contributed by atoms with Crippen LogP contribution in [0.5, 0.6) is 0 Å². The largest absolute Gasteiger partial charge is 0.477 e. The Balaban J connectivity index is 3.26. The monoisotopic (exact) mass is 258 g/mol. The van der Waals surface area contributed by atoms with Crippen molar-refractivity contribution in [2.45, 2.75) is 11.8 Å². The minimum absolute atomic E-state index is 0.105. The molecule has 1 rings (SSSR count). The standard InChI is InChI=1S/C7H5Cl3O2S/c8-1-3-4(2-9)13-6(5(3)10)7(11)12/h1-2H2,(H,11,12). The molecular formula is C7H5Cl3O2S. The third kappa shape index (κ3) is 2.10. The lowest BCUT2D eigenvalue weighted by molar-refractivity contribution is 0.0702. The molecule has 1 heterocycles. The van der Waals surface area contributed by atoms with Gasteiger partial charge in [-0.2, -0.15) is 0 Å². The predicted octanol–water partition coefficient (Wildman–Crippen LogP) is 3.58. The summed E-state index contributed by atoms with van der Waals surface area (Å²) in [5.41, 5.74) is 0.626. The third-order valence-corrected chi connectivity index (χ3v) is 3.92. The van der Waals surface area contributed by atoms with Crippen LogP contribution in [0.15, 0.2) is 0 Å². The molecule has 0 aliphatic heterocycles. The molecule has 0 aromatic carbocycles. The first-order valence-corrected chi connectivity index (χ1v) is 5.53. The number of thiophene rings is 1. The average Bonchev–Trinajstić information content (AvgIpc) is 2.41. The zero-order valence-corrected chi connectivity index (χ0v) is 9.40. The molecule has 0 unspecified atom stereocenters. The summed E-state index contributed by atoms with van der Waals surface area (Å²) in [6.07, 6.45) is 0. The van der Waals surface area contributed by atoms with E-state index in [4.69, 9.17) is 39.9 Å². The van der Waals surface area contributed by atoms with Gasteiger partial charge in [-0.05, 0) is 0 Å². The van der Waals surface area contributed by atoms with E-state index in [1.54, 1.807) is 0 Å². The van der Waals surface area contributed by atoms with E-state index in [0.29, 0.717) is 5.56 Å². The molecule has 0 aliphatic carbocycles. The zero-order chi connectivity index (χ0) is 10.0. The number of carboxylic acids is 1. The van der Waals surface area contributed by atoms with Gasteiger partial charge in [0.15, 0.2) is 0 Å². The van der Waals surface area contributed by atoms with Crippen molar-refractivity contribution in [3.8, 4) is 0 Å². The van der Waals surface area contributed by atoms with Gasteiger partial charge in [0.2, 0.25) is 0 Å². The Hall–Kier alpha value is 0.0400. The normalized spacial score (nSPS) is 10.4.